The normalized spacial score (nSPS) is 23.0. The second-order valence-electron chi connectivity index (χ2n) is 7.31. The summed E-state index contributed by atoms with van der Waals surface area (Å²) in [7, 11) is 3.27. The predicted molar refractivity (Wildman–Crippen MR) is 97.8 cm³/mol. The molecule has 138 valence electrons. The molecule has 2 amide bonds. The highest BCUT2D eigenvalue weighted by molar-refractivity contribution is 5.94. The fourth-order valence-electron chi connectivity index (χ4n) is 3.62. The standard InChI is InChI=1S/C19H29N3O3/c1-14-8-15(2)11-22(10-14)13-19(24)21(3)12-18(23)20-16-6-5-7-17(9-16)25-4/h5-7,9,14-15H,8,10-13H2,1-4H3,(H,20,23)/p+1/t14-,15-/m0/s1. The third kappa shape index (κ3) is 6.05. The van der Waals surface area contributed by atoms with Crippen LogP contribution in [0, 0.1) is 11.8 Å². The molecule has 1 aromatic rings. The third-order valence-corrected chi connectivity index (χ3v) is 4.64. The second-order valence-corrected chi connectivity index (χ2v) is 7.31. The molecule has 6 nitrogen and oxygen atoms in total. The summed E-state index contributed by atoms with van der Waals surface area (Å²) in [5.41, 5.74) is 0.662. The highest BCUT2D eigenvalue weighted by Crippen LogP contribution is 2.16. The molecule has 0 unspecified atom stereocenters. The number of quaternary nitrogens is 1. The highest BCUT2D eigenvalue weighted by Gasteiger charge is 2.28. The summed E-state index contributed by atoms with van der Waals surface area (Å²) in [4.78, 5) is 27.4. The molecular formula is C19H30N3O3+. The van der Waals surface area contributed by atoms with Crippen molar-refractivity contribution in [2.75, 3.05) is 45.7 Å². The van der Waals surface area contributed by atoms with Crippen molar-refractivity contribution in [2.45, 2.75) is 20.3 Å². The number of benzene rings is 1. The molecule has 0 aromatic heterocycles. The Balaban J connectivity index is 1.82. The van der Waals surface area contributed by atoms with Gasteiger partial charge in [-0.05, 0) is 18.6 Å². The van der Waals surface area contributed by atoms with Gasteiger partial charge in [0, 0.05) is 30.6 Å². The van der Waals surface area contributed by atoms with Gasteiger partial charge in [-0.1, -0.05) is 19.9 Å². The van der Waals surface area contributed by atoms with Crippen LogP contribution in [0.2, 0.25) is 0 Å². The first-order chi connectivity index (χ1) is 11.9. The van der Waals surface area contributed by atoms with Gasteiger partial charge in [-0.25, -0.2) is 0 Å². The van der Waals surface area contributed by atoms with Crippen LogP contribution >= 0.6 is 0 Å². The smallest absolute Gasteiger partial charge is 0.277 e. The molecule has 2 N–H and O–H groups in total. The number of likely N-dealkylation sites (N-methyl/N-ethyl adjacent to an activating group) is 1. The molecule has 25 heavy (non-hydrogen) atoms. The summed E-state index contributed by atoms with van der Waals surface area (Å²) in [5.74, 6) is 1.78. The van der Waals surface area contributed by atoms with Crippen molar-refractivity contribution >= 4 is 17.5 Å². The van der Waals surface area contributed by atoms with Crippen LogP contribution in [0.15, 0.2) is 24.3 Å². The lowest BCUT2D eigenvalue weighted by Gasteiger charge is -2.32. The minimum Gasteiger partial charge on any atom is -0.497 e. The maximum atomic E-state index is 12.4. The van der Waals surface area contributed by atoms with Gasteiger partial charge in [0.25, 0.3) is 5.91 Å². The number of carbonyl (C=O) groups excluding carboxylic acids is 2. The largest absolute Gasteiger partial charge is 0.497 e. The van der Waals surface area contributed by atoms with Gasteiger partial charge >= 0.3 is 0 Å². The van der Waals surface area contributed by atoms with E-state index in [-0.39, 0.29) is 18.4 Å². The number of ether oxygens (including phenoxy) is 1. The molecule has 2 atom stereocenters. The SMILES string of the molecule is COc1cccc(NC(=O)CN(C)C(=O)C[NH+]2C[C@@H](C)C[C@H](C)C2)c1. The molecule has 0 bridgehead atoms. The first kappa shape index (κ1) is 19.2. The van der Waals surface area contributed by atoms with Crippen LogP contribution in [0.1, 0.15) is 20.3 Å². The molecule has 0 saturated carbocycles. The minimum atomic E-state index is -0.209. The van der Waals surface area contributed by atoms with E-state index in [1.165, 1.54) is 16.2 Å². The highest BCUT2D eigenvalue weighted by atomic mass is 16.5. The lowest BCUT2D eigenvalue weighted by molar-refractivity contribution is -0.904. The Bertz CT molecular complexity index is 595. The Morgan fingerprint density at radius 1 is 1.28 bits per heavy atom. The minimum absolute atomic E-state index is 0.0112. The number of hydrogen-bond acceptors (Lipinski definition) is 3. The number of anilines is 1. The fourth-order valence-corrected chi connectivity index (χ4v) is 3.62. The number of piperidine rings is 1. The first-order valence-electron chi connectivity index (χ1n) is 8.88. The van der Waals surface area contributed by atoms with E-state index in [1.807, 2.05) is 12.1 Å². The van der Waals surface area contributed by atoms with Gasteiger partial charge in [0.2, 0.25) is 5.91 Å². The summed E-state index contributed by atoms with van der Waals surface area (Å²) in [6.07, 6.45) is 1.23. The molecule has 0 spiro atoms. The Morgan fingerprint density at radius 2 is 1.96 bits per heavy atom. The number of methoxy groups -OCH3 is 1. The molecule has 1 aliphatic heterocycles. The summed E-state index contributed by atoms with van der Waals surface area (Å²) >= 11 is 0. The van der Waals surface area contributed by atoms with Crippen molar-refractivity contribution in [3.8, 4) is 5.75 Å². The van der Waals surface area contributed by atoms with Crippen LogP contribution in [-0.4, -0.2) is 57.1 Å². The topological polar surface area (TPSA) is 63.1 Å². The summed E-state index contributed by atoms with van der Waals surface area (Å²) in [6, 6.07) is 7.17. The number of rotatable bonds is 6. The number of nitrogens with one attached hydrogen (secondary N) is 2. The molecule has 1 aromatic carbocycles. The van der Waals surface area contributed by atoms with E-state index in [0.29, 0.717) is 29.8 Å². The van der Waals surface area contributed by atoms with E-state index in [0.717, 1.165) is 13.1 Å². The van der Waals surface area contributed by atoms with E-state index in [9.17, 15) is 9.59 Å². The van der Waals surface area contributed by atoms with Crippen molar-refractivity contribution in [2.24, 2.45) is 11.8 Å². The molecule has 1 heterocycles. The van der Waals surface area contributed by atoms with Crippen molar-refractivity contribution in [1.29, 1.82) is 0 Å². The fraction of sp³-hybridized carbons (Fsp3) is 0.579. The van der Waals surface area contributed by atoms with Gasteiger partial charge in [-0.3, -0.25) is 9.59 Å². The summed E-state index contributed by atoms with van der Waals surface area (Å²) < 4.78 is 5.14. The number of amides is 2. The van der Waals surface area contributed by atoms with Crippen LogP contribution in [0.25, 0.3) is 0 Å². The van der Waals surface area contributed by atoms with Gasteiger partial charge in [0.05, 0.1) is 26.7 Å². The van der Waals surface area contributed by atoms with E-state index < -0.39 is 0 Å². The van der Waals surface area contributed by atoms with Gasteiger partial charge in [0.15, 0.2) is 6.54 Å². The van der Waals surface area contributed by atoms with Gasteiger partial charge < -0.3 is 19.9 Å². The summed E-state index contributed by atoms with van der Waals surface area (Å²) in [5, 5.41) is 2.80. The average molecular weight is 348 g/mol. The van der Waals surface area contributed by atoms with E-state index >= 15 is 0 Å². The molecule has 0 aliphatic carbocycles. The Labute approximate surface area is 150 Å². The lowest BCUT2D eigenvalue weighted by atomic mass is 9.92. The predicted octanol–water partition coefficient (Wildman–Crippen LogP) is 0.653. The second kappa shape index (κ2) is 8.85. The summed E-state index contributed by atoms with van der Waals surface area (Å²) in [6.45, 7) is 7.04. The van der Waals surface area contributed by atoms with E-state index in [1.54, 1.807) is 26.3 Å². The Morgan fingerprint density at radius 3 is 2.60 bits per heavy atom. The van der Waals surface area contributed by atoms with Crippen LogP contribution in [0.4, 0.5) is 5.69 Å². The third-order valence-electron chi connectivity index (χ3n) is 4.64. The molecule has 6 heteroatoms. The molecule has 2 rings (SSSR count). The molecular weight excluding hydrogens is 318 g/mol. The van der Waals surface area contributed by atoms with Crippen LogP contribution in [0.5, 0.6) is 5.75 Å². The Kier molecular flexibility index (Phi) is 6.82. The van der Waals surface area contributed by atoms with Crippen molar-refractivity contribution in [3.05, 3.63) is 24.3 Å². The maximum Gasteiger partial charge on any atom is 0.277 e. The zero-order valence-corrected chi connectivity index (χ0v) is 15.7. The van der Waals surface area contributed by atoms with Gasteiger partial charge in [-0.15, -0.1) is 0 Å². The number of likely N-dealkylation sites (tertiary alicyclic amines) is 1. The number of carbonyl (C=O) groups is 2. The number of nitrogens with zero attached hydrogens (tertiary/aromatic N) is 1. The van der Waals surface area contributed by atoms with Gasteiger partial charge in [0.1, 0.15) is 5.75 Å². The first-order valence-corrected chi connectivity index (χ1v) is 8.88. The quantitative estimate of drug-likeness (QED) is 0.794. The number of hydrogen-bond donors (Lipinski definition) is 2. The molecule has 1 saturated heterocycles. The lowest BCUT2D eigenvalue weighted by Crippen LogP contribution is -3.15. The van der Waals surface area contributed by atoms with Crippen molar-refractivity contribution < 1.29 is 19.2 Å². The monoisotopic (exact) mass is 348 g/mol. The average Bonchev–Trinajstić information content (AvgIpc) is 2.53. The van der Waals surface area contributed by atoms with E-state index in [2.05, 4.69) is 19.2 Å². The maximum absolute atomic E-state index is 12.4. The Hall–Kier alpha value is -2.08. The van der Waals surface area contributed by atoms with Crippen LogP contribution in [-0.2, 0) is 9.59 Å². The van der Waals surface area contributed by atoms with Crippen LogP contribution in [0.3, 0.4) is 0 Å². The van der Waals surface area contributed by atoms with Gasteiger partial charge in [-0.2, -0.15) is 0 Å². The zero-order chi connectivity index (χ0) is 18.4. The molecule has 1 aliphatic rings. The van der Waals surface area contributed by atoms with Crippen molar-refractivity contribution in [3.63, 3.8) is 0 Å². The van der Waals surface area contributed by atoms with Crippen molar-refractivity contribution in [1.82, 2.24) is 4.90 Å². The molecule has 0 radical (unpaired) electrons. The van der Waals surface area contributed by atoms with Crippen LogP contribution < -0.4 is 15.0 Å². The van der Waals surface area contributed by atoms with E-state index in [4.69, 9.17) is 4.74 Å². The zero-order valence-electron chi connectivity index (χ0n) is 15.7. The molecule has 1 fully saturated rings.